The summed E-state index contributed by atoms with van der Waals surface area (Å²) in [7, 11) is 0. The van der Waals surface area contributed by atoms with E-state index < -0.39 is 0 Å². The lowest BCUT2D eigenvalue weighted by Gasteiger charge is -2.37. The molecule has 34 heavy (non-hydrogen) atoms. The van der Waals surface area contributed by atoms with Crippen LogP contribution < -0.4 is 9.47 Å². The van der Waals surface area contributed by atoms with Gasteiger partial charge in [-0.05, 0) is 37.1 Å². The summed E-state index contributed by atoms with van der Waals surface area (Å²) in [6, 6.07) is 6.45. The maximum atomic E-state index is 13.1. The molecule has 5 rings (SSSR count). The molecule has 1 aromatic carbocycles. The van der Waals surface area contributed by atoms with Crippen LogP contribution in [0.5, 0.6) is 11.5 Å². The second-order valence-electron chi connectivity index (χ2n) is 9.54. The Morgan fingerprint density at radius 2 is 1.47 bits per heavy atom. The molecule has 186 valence electrons. The van der Waals surface area contributed by atoms with Crippen LogP contribution in [0.4, 0.5) is 0 Å². The molecule has 0 N–H and O–H groups in total. The molecular formula is C25H36N4O5. The fraction of sp³-hybridized carbons (Fsp3) is 0.680. The first-order chi connectivity index (χ1) is 16.7. The van der Waals surface area contributed by atoms with Gasteiger partial charge in [0.05, 0.1) is 39.5 Å². The van der Waals surface area contributed by atoms with Gasteiger partial charge in [-0.1, -0.05) is 6.07 Å². The normalized spacial score (nSPS) is 24.2. The van der Waals surface area contributed by atoms with Crippen molar-refractivity contribution in [3.8, 4) is 11.5 Å². The van der Waals surface area contributed by atoms with Gasteiger partial charge in [-0.25, -0.2) is 0 Å². The highest BCUT2D eigenvalue weighted by atomic mass is 16.5. The number of morpholine rings is 1. The first-order valence-electron chi connectivity index (χ1n) is 12.7. The second kappa shape index (κ2) is 10.9. The fourth-order valence-electron chi connectivity index (χ4n) is 5.31. The van der Waals surface area contributed by atoms with Gasteiger partial charge in [0.1, 0.15) is 0 Å². The summed E-state index contributed by atoms with van der Waals surface area (Å²) in [6.45, 7) is 8.60. The van der Waals surface area contributed by atoms with Crippen molar-refractivity contribution in [3.63, 3.8) is 0 Å². The van der Waals surface area contributed by atoms with Gasteiger partial charge in [0.15, 0.2) is 11.5 Å². The SMILES string of the molecule is O=C(CN1CCN(C(=O)CN2CCC[C@H]2c2ccc3c(c2)OCCCO3)CC1)N1CCOCC1. The van der Waals surface area contributed by atoms with Crippen molar-refractivity contribution in [1.82, 2.24) is 19.6 Å². The molecule has 0 radical (unpaired) electrons. The van der Waals surface area contributed by atoms with Gasteiger partial charge in [-0.15, -0.1) is 0 Å². The Hall–Kier alpha value is -2.36. The molecule has 3 saturated heterocycles. The van der Waals surface area contributed by atoms with E-state index in [1.54, 1.807) is 0 Å². The van der Waals surface area contributed by atoms with E-state index in [9.17, 15) is 9.59 Å². The van der Waals surface area contributed by atoms with E-state index in [2.05, 4.69) is 21.9 Å². The molecule has 4 heterocycles. The first kappa shape index (κ1) is 23.4. The molecule has 0 aromatic heterocycles. The Bertz CT molecular complexity index is 867. The lowest BCUT2D eigenvalue weighted by Crippen LogP contribution is -2.54. The molecule has 0 aliphatic carbocycles. The third-order valence-corrected chi connectivity index (χ3v) is 7.31. The van der Waals surface area contributed by atoms with E-state index in [0.29, 0.717) is 65.7 Å². The van der Waals surface area contributed by atoms with Crippen molar-refractivity contribution >= 4 is 11.8 Å². The summed E-state index contributed by atoms with van der Waals surface area (Å²) in [5.41, 5.74) is 1.20. The fourth-order valence-corrected chi connectivity index (χ4v) is 5.31. The highest BCUT2D eigenvalue weighted by molar-refractivity contribution is 5.79. The lowest BCUT2D eigenvalue weighted by atomic mass is 10.0. The molecule has 0 saturated carbocycles. The van der Waals surface area contributed by atoms with Crippen molar-refractivity contribution < 1.29 is 23.8 Å². The van der Waals surface area contributed by atoms with E-state index in [-0.39, 0.29) is 17.9 Å². The molecule has 1 atom stereocenters. The van der Waals surface area contributed by atoms with Gasteiger partial charge in [-0.2, -0.15) is 0 Å². The predicted octanol–water partition coefficient (Wildman–Crippen LogP) is 0.988. The van der Waals surface area contributed by atoms with Crippen molar-refractivity contribution in [2.45, 2.75) is 25.3 Å². The highest BCUT2D eigenvalue weighted by Gasteiger charge is 2.31. The minimum absolute atomic E-state index is 0.165. The standard InChI is InChI=1S/C25H36N4O5/c30-24(28-11-15-32-16-12-28)18-26-7-9-27(10-8-26)25(31)19-29-6-1-3-21(29)20-4-5-22-23(17-20)34-14-2-13-33-22/h4-5,17,21H,1-3,6-16,18-19H2/t21-/m0/s1. The maximum absolute atomic E-state index is 13.1. The van der Waals surface area contributed by atoms with Crippen LogP contribution in [0.3, 0.4) is 0 Å². The number of nitrogens with zero attached hydrogens (tertiary/aromatic N) is 4. The minimum Gasteiger partial charge on any atom is -0.490 e. The number of hydrogen-bond donors (Lipinski definition) is 0. The van der Waals surface area contributed by atoms with Gasteiger partial charge in [-0.3, -0.25) is 19.4 Å². The molecule has 9 nitrogen and oxygen atoms in total. The average molecular weight is 473 g/mol. The molecule has 1 aromatic rings. The number of rotatable bonds is 5. The van der Waals surface area contributed by atoms with Gasteiger partial charge in [0.25, 0.3) is 0 Å². The third kappa shape index (κ3) is 5.47. The summed E-state index contributed by atoms with van der Waals surface area (Å²) in [6.07, 6.45) is 3.02. The van der Waals surface area contributed by atoms with E-state index in [4.69, 9.17) is 14.2 Å². The van der Waals surface area contributed by atoms with E-state index in [1.165, 1.54) is 5.56 Å². The van der Waals surface area contributed by atoms with Crippen molar-refractivity contribution in [1.29, 1.82) is 0 Å². The minimum atomic E-state index is 0.165. The maximum Gasteiger partial charge on any atom is 0.236 e. The zero-order chi connectivity index (χ0) is 23.3. The highest BCUT2D eigenvalue weighted by Crippen LogP contribution is 2.37. The Balaban J connectivity index is 1.12. The molecule has 0 spiro atoms. The van der Waals surface area contributed by atoms with E-state index in [1.807, 2.05) is 15.9 Å². The number of carbonyl (C=O) groups excluding carboxylic acids is 2. The monoisotopic (exact) mass is 472 g/mol. The topological polar surface area (TPSA) is 74.8 Å². The first-order valence-corrected chi connectivity index (χ1v) is 12.7. The van der Waals surface area contributed by atoms with Crippen LogP contribution in [0.25, 0.3) is 0 Å². The number of piperazine rings is 1. The van der Waals surface area contributed by atoms with Crippen molar-refractivity contribution in [3.05, 3.63) is 23.8 Å². The average Bonchev–Trinajstić information content (AvgIpc) is 3.20. The Kier molecular flexibility index (Phi) is 7.51. The molecule has 0 bridgehead atoms. The number of amides is 2. The van der Waals surface area contributed by atoms with Crippen LogP contribution in [0.1, 0.15) is 30.9 Å². The molecule has 4 aliphatic heterocycles. The number of fused-ring (bicyclic) bond motifs is 1. The largest absolute Gasteiger partial charge is 0.490 e. The summed E-state index contributed by atoms with van der Waals surface area (Å²) in [5.74, 6) is 1.97. The summed E-state index contributed by atoms with van der Waals surface area (Å²) in [5, 5.41) is 0. The van der Waals surface area contributed by atoms with Crippen LogP contribution in [-0.2, 0) is 14.3 Å². The molecular weight excluding hydrogens is 436 g/mol. The number of ether oxygens (including phenoxy) is 3. The summed E-state index contributed by atoms with van der Waals surface area (Å²) >= 11 is 0. The summed E-state index contributed by atoms with van der Waals surface area (Å²) in [4.78, 5) is 33.9. The van der Waals surface area contributed by atoms with Crippen molar-refractivity contribution in [2.24, 2.45) is 0 Å². The van der Waals surface area contributed by atoms with Crippen LogP contribution >= 0.6 is 0 Å². The van der Waals surface area contributed by atoms with Gasteiger partial charge < -0.3 is 24.0 Å². The smallest absolute Gasteiger partial charge is 0.236 e. The number of carbonyl (C=O) groups is 2. The molecule has 9 heteroatoms. The van der Waals surface area contributed by atoms with Gasteiger partial charge in [0.2, 0.25) is 11.8 Å². The second-order valence-corrected chi connectivity index (χ2v) is 9.54. The van der Waals surface area contributed by atoms with Gasteiger partial charge >= 0.3 is 0 Å². The summed E-state index contributed by atoms with van der Waals surface area (Å²) < 4.78 is 17.0. The quantitative estimate of drug-likeness (QED) is 0.633. The van der Waals surface area contributed by atoms with Crippen LogP contribution in [-0.4, -0.2) is 117 Å². The predicted molar refractivity (Wildman–Crippen MR) is 126 cm³/mol. The lowest BCUT2D eigenvalue weighted by molar-refractivity contribution is -0.138. The van der Waals surface area contributed by atoms with Crippen LogP contribution in [0.2, 0.25) is 0 Å². The van der Waals surface area contributed by atoms with Crippen molar-refractivity contribution in [2.75, 3.05) is 85.3 Å². The van der Waals surface area contributed by atoms with E-state index in [0.717, 1.165) is 50.4 Å². The molecule has 3 fully saturated rings. The van der Waals surface area contributed by atoms with Crippen LogP contribution in [0, 0.1) is 0 Å². The third-order valence-electron chi connectivity index (χ3n) is 7.31. The Morgan fingerprint density at radius 1 is 0.765 bits per heavy atom. The Labute approximate surface area is 201 Å². The van der Waals surface area contributed by atoms with E-state index >= 15 is 0 Å². The zero-order valence-corrected chi connectivity index (χ0v) is 20.0. The van der Waals surface area contributed by atoms with Crippen LogP contribution in [0.15, 0.2) is 18.2 Å². The molecule has 2 amide bonds. The Morgan fingerprint density at radius 3 is 2.26 bits per heavy atom. The zero-order valence-electron chi connectivity index (χ0n) is 20.0. The number of likely N-dealkylation sites (tertiary alicyclic amines) is 1. The number of benzene rings is 1. The molecule has 4 aliphatic rings. The molecule has 0 unspecified atom stereocenters. The van der Waals surface area contributed by atoms with Gasteiger partial charge in [0, 0.05) is 51.7 Å². The number of hydrogen-bond acceptors (Lipinski definition) is 7.